The van der Waals surface area contributed by atoms with E-state index in [1.54, 1.807) is 26.0 Å². The van der Waals surface area contributed by atoms with E-state index in [0.717, 1.165) is 0 Å². The Morgan fingerprint density at radius 3 is 2.96 bits per heavy atom. The predicted molar refractivity (Wildman–Crippen MR) is 81.5 cm³/mol. The van der Waals surface area contributed by atoms with Gasteiger partial charge < -0.3 is 15.6 Å². The summed E-state index contributed by atoms with van der Waals surface area (Å²) in [5, 5.41) is 9.31. The van der Waals surface area contributed by atoms with E-state index in [9.17, 15) is 14.7 Å². The lowest BCUT2D eigenvalue weighted by atomic mass is 9.98. The number of nitrogens with two attached hydrogens (primary N) is 1. The highest BCUT2D eigenvalue weighted by Gasteiger charge is 2.46. The van der Waals surface area contributed by atoms with Crippen LogP contribution < -0.4 is 11.3 Å². The number of carbonyl (C=O) groups excluding carboxylic acids is 1. The Bertz CT molecular complexity index is 852. The lowest BCUT2D eigenvalue weighted by Gasteiger charge is -2.30. The number of ether oxygens (including phenoxy) is 1. The number of carbonyl (C=O) groups is 1. The smallest absolute Gasteiger partial charge is 0.280 e. The highest BCUT2D eigenvalue weighted by atomic mass is 16.5. The molecule has 3 heterocycles. The number of nitrogens with one attached hydrogen (secondary N) is 1. The van der Waals surface area contributed by atoms with E-state index in [1.165, 1.54) is 10.9 Å². The largest absolute Gasteiger partial charge is 0.393 e. The van der Waals surface area contributed by atoms with Gasteiger partial charge >= 0.3 is 0 Å². The number of ketones is 1. The van der Waals surface area contributed by atoms with Crippen molar-refractivity contribution in [2.24, 2.45) is 5.92 Å². The zero-order valence-electron chi connectivity index (χ0n) is 12.7. The van der Waals surface area contributed by atoms with Crippen molar-refractivity contribution in [1.29, 1.82) is 0 Å². The number of Topliss-reactive ketones (excluding diaryl/α,β-unsaturated/α-hetero) is 1. The maximum Gasteiger partial charge on any atom is 0.280 e. The van der Waals surface area contributed by atoms with E-state index in [-0.39, 0.29) is 35.4 Å². The predicted octanol–water partition coefficient (Wildman–Crippen LogP) is -0.473. The Hall–Kier alpha value is -2.52. The number of H-pyrrole nitrogens is 1. The van der Waals surface area contributed by atoms with Crippen LogP contribution in [-0.2, 0) is 15.3 Å². The first-order valence-electron chi connectivity index (χ1n) is 7.14. The number of aliphatic hydroxyl groups excluding tert-OH is 1. The van der Waals surface area contributed by atoms with Crippen LogP contribution >= 0.6 is 0 Å². The van der Waals surface area contributed by atoms with Crippen LogP contribution in [0.1, 0.15) is 13.8 Å². The third kappa shape index (κ3) is 2.25. The molecule has 23 heavy (non-hydrogen) atoms. The van der Waals surface area contributed by atoms with Gasteiger partial charge in [-0.15, -0.1) is 0 Å². The molecule has 2 aromatic heterocycles. The first-order valence-corrected chi connectivity index (χ1v) is 7.14. The van der Waals surface area contributed by atoms with E-state index in [0.29, 0.717) is 0 Å². The molecule has 2 atom stereocenters. The molecule has 9 nitrogen and oxygen atoms in total. The number of nitrogens with zero attached hydrogens (tertiary/aromatic N) is 3. The first-order chi connectivity index (χ1) is 10.9. The number of rotatable bonds is 4. The lowest BCUT2D eigenvalue weighted by Crippen LogP contribution is -2.44. The molecule has 4 N–H and O–H groups in total. The molecule has 2 aromatic rings. The number of hydrogen-bond acceptors (Lipinski definition) is 7. The average Bonchev–Trinajstić information content (AvgIpc) is 3.10. The number of fused-ring (bicyclic) bond motifs is 1. The van der Waals surface area contributed by atoms with Gasteiger partial charge in [-0.25, -0.2) is 4.98 Å². The van der Waals surface area contributed by atoms with Gasteiger partial charge in [0.15, 0.2) is 16.9 Å². The van der Waals surface area contributed by atoms with E-state index >= 15 is 0 Å². The Morgan fingerprint density at radius 2 is 2.35 bits per heavy atom. The second-order valence-corrected chi connectivity index (χ2v) is 5.65. The van der Waals surface area contributed by atoms with Crippen LogP contribution in [0.25, 0.3) is 11.2 Å². The van der Waals surface area contributed by atoms with Crippen molar-refractivity contribution in [2.75, 3.05) is 12.3 Å². The number of aromatic nitrogens is 4. The molecule has 1 aliphatic rings. The summed E-state index contributed by atoms with van der Waals surface area (Å²) in [4.78, 5) is 35.2. The molecule has 3 rings (SSSR count). The van der Waals surface area contributed by atoms with Gasteiger partial charge in [-0.1, -0.05) is 19.9 Å². The quantitative estimate of drug-likeness (QED) is 0.648. The molecular weight excluding hydrogens is 302 g/mol. The van der Waals surface area contributed by atoms with Gasteiger partial charge in [0, 0.05) is 5.92 Å². The van der Waals surface area contributed by atoms with E-state index in [1.807, 2.05) is 0 Å². The molecule has 0 fully saturated rings. The minimum Gasteiger partial charge on any atom is -0.393 e. The maximum atomic E-state index is 12.8. The van der Waals surface area contributed by atoms with Crippen LogP contribution in [0, 0.1) is 5.92 Å². The second-order valence-electron chi connectivity index (χ2n) is 5.65. The summed E-state index contributed by atoms with van der Waals surface area (Å²) in [7, 11) is 0. The molecule has 0 unspecified atom stereocenters. The Kier molecular flexibility index (Phi) is 3.53. The summed E-state index contributed by atoms with van der Waals surface area (Å²) in [5.74, 6) is -0.685. The van der Waals surface area contributed by atoms with Gasteiger partial charge in [0.25, 0.3) is 5.56 Å². The Balaban J connectivity index is 2.25. The minimum absolute atomic E-state index is 0.0552. The van der Waals surface area contributed by atoms with Gasteiger partial charge in [0.2, 0.25) is 11.7 Å². The van der Waals surface area contributed by atoms with Crippen molar-refractivity contribution < 1.29 is 14.6 Å². The van der Waals surface area contributed by atoms with Crippen LogP contribution in [0.5, 0.6) is 0 Å². The fourth-order valence-corrected chi connectivity index (χ4v) is 2.62. The third-order valence-electron chi connectivity index (χ3n) is 3.71. The van der Waals surface area contributed by atoms with Crippen LogP contribution in [0.4, 0.5) is 5.95 Å². The number of aliphatic hydroxyl groups is 1. The molecule has 122 valence electrons. The van der Waals surface area contributed by atoms with Crippen molar-refractivity contribution >= 4 is 22.9 Å². The average molecular weight is 319 g/mol. The summed E-state index contributed by atoms with van der Waals surface area (Å²) in [6, 6.07) is 0. The molecular formula is C14H17N5O4. The molecule has 0 aromatic carbocycles. The number of hydrogen-bond donors (Lipinski definition) is 3. The highest BCUT2D eigenvalue weighted by molar-refractivity contribution is 5.90. The Labute approximate surface area is 130 Å². The van der Waals surface area contributed by atoms with Gasteiger partial charge in [-0.2, -0.15) is 4.98 Å². The molecule has 1 aliphatic heterocycles. The van der Waals surface area contributed by atoms with E-state index < -0.39 is 17.4 Å². The number of anilines is 1. The number of nitrogen functional groups attached to an aromatic ring is 1. The van der Waals surface area contributed by atoms with E-state index in [2.05, 4.69) is 15.0 Å². The van der Waals surface area contributed by atoms with Gasteiger partial charge in [0.05, 0.1) is 6.61 Å². The van der Waals surface area contributed by atoms with Crippen molar-refractivity contribution in [1.82, 2.24) is 19.5 Å². The molecule has 0 bridgehead atoms. The van der Waals surface area contributed by atoms with Gasteiger partial charge in [-0.3, -0.25) is 19.1 Å². The summed E-state index contributed by atoms with van der Waals surface area (Å²) >= 11 is 0. The SMILES string of the molecule is CC(C)C(=O)[C@]1(n2cnc3c(=O)[nH]c(N)nc32)C=C[C@@H](CO)O1. The van der Waals surface area contributed by atoms with Crippen LogP contribution in [0.2, 0.25) is 0 Å². The molecule has 0 spiro atoms. The zero-order valence-corrected chi connectivity index (χ0v) is 12.7. The van der Waals surface area contributed by atoms with Crippen LogP contribution in [0.3, 0.4) is 0 Å². The standard InChI is InChI=1S/C14H17N5O4/c1-7(2)10(21)14(4-3-8(5-20)23-14)19-6-16-9-11(19)17-13(15)18-12(9)22/h3-4,6-8,20H,5H2,1-2H3,(H3,15,17,18,22)/t8-,14-/m0/s1. The third-order valence-corrected chi connectivity index (χ3v) is 3.71. The Morgan fingerprint density at radius 1 is 1.61 bits per heavy atom. The molecule has 0 radical (unpaired) electrons. The van der Waals surface area contributed by atoms with Gasteiger partial charge in [0.1, 0.15) is 12.4 Å². The summed E-state index contributed by atoms with van der Waals surface area (Å²) in [6.45, 7) is 3.20. The van der Waals surface area contributed by atoms with E-state index in [4.69, 9.17) is 10.5 Å². The highest BCUT2D eigenvalue weighted by Crippen LogP contribution is 2.34. The summed E-state index contributed by atoms with van der Waals surface area (Å²) in [6.07, 6.45) is 3.84. The van der Waals surface area contributed by atoms with Crippen molar-refractivity contribution in [2.45, 2.75) is 25.7 Å². The maximum absolute atomic E-state index is 12.8. The van der Waals surface area contributed by atoms with Crippen molar-refractivity contribution in [3.63, 3.8) is 0 Å². The fourth-order valence-electron chi connectivity index (χ4n) is 2.62. The topological polar surface area (TPSA) is 136 Å². The van der Waals surface area contributed by atoms with Crippen LogP contribution in [0.15, 0.2) is 23.3 Å². The summed E-state index contributed by atoms with van der Waals surface area (Å²) < 4.78 is 7.15. The second kappa shape index (κ2) is 5.28. The van der Waals surface area contributed by atoms with Crippen molar-refractivity contribution in [3.05, 3.63) is 28.8 Å². The lowest BCUT2D eigenvalue weighted by molar-refractivity contribution is -0.157. The summed E-state index contributed by atoms with van der Waals surface area (Å²) in [5.41, 5.74) is 3.78. The number of imidazole rings is 1. The normalized spacial score (nSPS) is 23.9. The minimum atomic E-state index is -1.51. The van der Waals surface area contributed by atoms with Gasteiger partial charge in [-0.05, 0) is 6.08 Å². The molecule has 0 saturated carbocycles. The monoisotopic (exact) mass is 319 g/mol. The fraction of sp³-hybridized carbons (Fsp3) is 0.429. The molecule has 0 saturated heterocycles. The van der Waals surface area contributed by atoms with Crippen molar-refractivity contribution in [3.8, 4) is 0 Å². The number of aromatic amines is 1. The molecule has 9 heteroatoms. The van der Waals surface area contributed by atoms with Crippen LogP contribution in [-0.4, -0.2) is 43.1 Å². The zero-order chi connectivity index (χ0) is 16.8. The molecule has 0 amide bonds. The first kappa shape index (κ1) is 15.4. The molecule has 0 aliphatic carbocycles.